The molecule has 5 heteroatoms. The molecule has 0 saturated carbocycles. The number of furan rings is 1. The van der Waals surface area contributed by atoms with Crippen molar-refractivity contribution >= 4 is 16.9 Å². The highest BCUT2D eigenvalue weighted by Crippen LogP contribution is 2.27. The molecular weight excluding hydrogens is 290 g/mol. The van der Waals surface area contributed by atoms with Gasteiger partial charge in [0.25, 0.3) is 5.91 Å². The average Bonchev–Trinajstić information content (AvgIpc) is 2.76. The van der Waals surface area contributed by atoms with Gasteiger partial charge in [0.05, 0.1) is 5.56 Å². The fourth-order valence-electron chi connectivity index (χ4n) is 3.82. The summed E-state index contributed by atoms with van der Waals surface area (Å²) in [5.41, 5.74) is 1.67. The van der Waals surface area contributed by atoms with Gasteiger partial charge in [0.1, 0.15) is 17.9 Å². The van der Waals surface area contributed by atoms with Gasteiger partial charge in [-0.05, 0) is 56.5 Å². The Morgan fingerprint density at radius 3 is 2.96 bits per heavy atom. The van der Waals surface area contributed by atoms with Crippen LogP contribution in [0.3, 0.4) is 0 Å². The molecule has 1 atom stereocenters. The number of piperidine rings is 1. The summed E-state index contributed by atoms with van der Waals surface area (Å²) in [6.45, 7) is 3.27. The number of carbonyl (C=O) groups excluding carboxylic acids is 1. The molecule has 23 heavy (non-hydrogen) atoms. The van der Waals surface area contributed by atoms with Crippen LogP contribution in [0.5, 0.6) is 0 Å². The number of rotatable bonds is 2. The van der Waals surface area contributed by atoms with E-state index in [2.05, 4.69) is 16.3 Å². The lowest BCUT2D eigenvalue weighted by atomic mass is 9.94. The zero-order valence-corrected chi connectivity index (χ0v) is 12.9. The van der Waals surface area contributed by atoms with E-state index in [9.17, 15) is 4.79 Å². The van der Waals surface area contributed by atoms with Crippen LogP contribution in [0.25, 0.3) is 11.0 Å². The Hall–Kier alpha value is -2.32. The van der Waals surface area contributed by atoms with Gasteiger partial charge >= 0.3 is 0 Å². The van der Waals surface area contributed by atoms with E-state index in [0.29, 0.717) is 16.7 Å². The maximum atomic E-state index is 12.5. The number of hydrogen-bond donors (Lipinski definition) is 1. The fraction of sp³-hybridized carbons (Fsp3) is 0.444. The van der Waals surface area contributed by atoms with Crippen molar-refractivity contribution in [1.82, 2.24) is 10.2 Å². The van der Waals surface area contributed by atoms with Gasteiger partial charge in [-0.15, -0.1) is 0 Å². The second-order valence-electron chi connectivity index (χ2n) is 6.62. The van der Waals surface area contributed by atoms with Crippen LogP contribution in [0.4, 0.5) is 0 Å². The van der Waals surface area contributed by atoms with Crippen LogP contribution in [-0.4, -0.2) is 36.5 Å². The van der Waals surface area contributed by atoms with Crippen LogP contribution in [0.2, 0.25) is 0 Å². The summed E-state index contributed by atoms with van der Waals surface area (Å²) < 4.78 is 5.37. The molecule has 3 aliphatic rings. The summed E-state index contributed by atoms with van der Waals surface area (Å²) >= 11 is 0. The molecule has 1 aromatic heterocycles. The molecule has 0 radical (unpaired) electrons. The second-order valence-corrected chi connectivity index (χ2v) is 6.62. The lowest BCUT2D eigenvalue weighted by molar-refractivity contribution is 0.0929. The molecule has 0 spiro atoms. The monoisotopic (exact) mass is 309 g/mol. The Morgan fingerprint density at radius 2 is 2.17 bits per heavy atom. The van der Waals surface area contributed by atoms with Gasteiger partial charge in [-0.25, -0.2) is 0 Å². The summed E-state index contributed by atoms with van der Waals surface area (Å²) in [4.78, 5) is 15.0. The standard InChI is InChI=1S/C18H19N3O2/c19-9-14-11-23-17-8-13(1-2-16(14)17)18(22)20-15-7-12-3-5-21(10-15)6-4-12/h1-2,8,11-12,15H,3-7,10H2,(H,20,22). The van der Waals surface area contributed by atoms with Crippen molar-refractivity contribution in [3.8, 4) is 6.07 Å². The maximum Gasteiger partial charge on any atom is 0.251 e. The third kappa shape index (κ3) is 2.71. The minimum atomic E-state index is -0.0608. The smallest absolute Gasteiger partial charge is 0.251 e. The first kappa shape index (κ1) is 14.3. The van der Waals surface area contributed by atoms with Gasteiger partial charge in [-0.1, -0.05) is 0 Å². The first-order chi connectivity index (χ1) is 11.2. The van der Waals surface area contributed by atoms with Crippen LogP contribution in [0, 0.1) is 17.2 Å². The fourth-order valence-corrected chi connectivity index (χ4v) is 3.82. The van der Waals surface area contributed by atoms with E-state index < -0.39 is 0 Å². The number of nitrogens with zero attached hydrogens (tertiary/aromatic N) is 2. The van der Waals surface area contributed by atoms with Gasteiger partial charge in [0, 0.05) is 23.5 Å². The molecule has 2 aromatic rings. The zero-order chi connectivity index (χ0) is 15.8. The first-order valence-electron chi connectivity index (χ1n) is 8.17. The molecule has 3 fully saturated rings. The number of amides is 1. The van der Waals surface area contributed by atoms with Crippen LogP contribution in [-0.2, 0) is 0 Å². The van der Waals surface area contributed by atoms with Gasteiger partial charge < -0.3 is 14.6 Å². The van der Waals surface area contributed by atoms with Crippen LogP contribution in [0.1, 0.15) is 35.2 Å². The lowest BCUT2D eigenvalue weighted by Gasteiger charge is -2.26. The molecule has 0 aliphatic carbocycles. The number of fused-ring (bicyclic) bond motifs is 5. The Morgan fingerprint density at radius 1 is 1.35 bits per heavy atom. The number of nitriles is 1. The minimum Gasteiger partial charge on any atom is -0.463 e. The van der Waals surface area contributed by atoms with Crippen LogP contribution >= 0.6 is 0 Å². The van der Waals surface area contributed by atoms with E-state index in [0.717, 1.165) is 37.4 Å². The molecule has 4 heterocycles. The SMILES string of the molecule is N#Cc1coc2cc(C(=O)NC3CC4CCN(CC4)C3)ccc12. The Kier molecular flexibility index (Phi) is 3.55. The molecule has 3 saturated heterocycles. The highest BCUT2D eigenvalue weighted by atomic mass is 16.3. The van der Waals surface area contributed by atoms with E-state index in [1.165, 1.54) is 19.1 Å². The van der Waals surface area contributed by atoms with Gasteiger partial charge in [-0.3, -0.25) is 4.79 Å². The molecule has 118 valence electrons. The number of hydrogen-bond acceptors (Lipinski definition) is 4. The summed E-state index contributed by atoms with van der Waals surface area (Å²) in [7, 11) is 0. The summed E-state index contributed by atoms with van der Waals surface area (Å²) in [5.74, 6) is 0.680. The Balaban J connectivity index is 1.51. The van der Waals surface area contributed by atoms with Gasteiger partial charge in [0.2, 0.25) is 0 Å². The van der Waals surface area contributed by atoms with E-state index in [4.69, 9.17) is 9.68 Å². The van der Waals surface area contributed by atoms with Crippen molar-refractivity contribution in [2.24, 2.45) is 5.92 Å². The van der Waals surface area contributed by atoms with Crippen molar-refractivity contribution < 1.29 is 9.21 Å². The molecule has 5 nitrogen and oxygen atoms in total. The Bertz CT molecular complexity index is 767. The summed E-state index contributed by atoms with van der Waals surface area (Å²) in [6, 6.07) is 7.58. The largest absolute Gasteiger partial charge is 0.463 e. The number of benzene rings is 1. The second kappa shape index (κ2) is 5.71. The topological polar surface area (TPSA) is 69.3 Å². The van der Waals surface area contributed by atoms with Crippen LogP contribution < -0.4 is 5.32 Å². The highest BCUT2D eigenvalue weighted by molar-refractivity contribution is 5.98. The lowest BCUT2D eigenvalue weighted by Crippen LogP contribution is -2.41. The van der Waals surface area contributed by atoms with Crippen molar-refractivity contribution in [3.63, 3.8) is 0 Å². The third-order valence-corrected chi connectivity index (χ3v) is 5.10. The van der Waals surface area contributed by atoms with Gasteiger partial charge in [0.15, 0.2) is 0 Å². The Labute approximate surface area is 134 Å². The van der Waals surface area contributed by atoms with Crippen LogP contribution in [0.15, 0.2) is 28.9 Å². The van der Waals surface area contributed by atoms with E-state index in [1.807, 2.05) is 0 Å². The van der Waals surface area contributed by atoms with E-state index >= 15 is 0 Å². The maximum absolute atomic E-state index is 12.5. The minimum absolute atomic E-state index is 0.0608. The quantitative estimate of drug-likeness (QED) is 0.925. The predicted octanol–water partition coefficient (Wildman–Crippen LogP) is 2.52. The molecule has 1 unspecified atom stereocenters. The number of carbonyl (C=O) groups is 1. The molecular formula is C18H19N3O2. The van der Waals surface area contributed by atoms with E-state index in [-0.39, 0.29) is 11.9 Å². The van der Waals surface area contributed by atoms with E-state index in [1.54, 1.807) is 18.2 Å². The summed E-state index contributed by atoms with van der Waals surface area (Å²) in [6.07, 6.45) is 5.01. The molecule has 1 N–H and O–H groups in total. The van der Waals surface area contributed by atoms with Crippen molar-refractivity contribution in [2.75, 3.05) is 19.6 Å². The zero-order valence-electron chi connectivity index (χ0n) is 12.9. The molecule has 5 rings (SSSR count). The van der Waals surface area contributed by atoms with Crippen molar-refractivity contribution in [1.29, 1.82) is 5.26 Å². The highest BCUT2D eigenvalue weighted by Gasteiger charge is 2.30. The predicted molar refractivity (Wildman–Crippen MR) is 86.0 cm³/mol. The normalized spacial score (nSPS) is 26.7. The first-order valence-corrected chi connectivity index (χ1v) is 8.17. The number of nitrogens with one attached hydrogen (secondary N) is 1. The molecule has 1 aromatic carbocycles. The van der Waals surface area contributed by atoms with Crippen molar-refractivity contribution in [2.45, 2.75) is 25.3 Å². The molecule has 1 amide bonds. The molecule has 2 bridgehead atoms. The average molecular weight is 309 g/mol. The van der Waals surface area contributed by atoms with Gasteiger partial charge in [-0.2, -0.15) is 5.26 Å². The summed E-state index contributed by atoms with van der Waals surface area (Å²) in [5, 5.41) is 12.9. The third-order valence-electron chi connectivity index (χ3n) is 5.10. The molecule has 3 aliphatic heterocycles. The van der Waals surface area contributed by atoms with Crippen molar-refractivity contribution in [3.05, 3.63) is 35.6 Å².